The molecule has 0 aromatic heterocycles. The van der Waals surface area contributed by atoms with Crippen LogP contribution in [0.1, 0.15) is 27.7 Å². The van der Waals surface area contributed by atoms with Crippen molar-refractivity contribution in [3.8, 4) is 0 Å². The van der Waals surface area contributed by atoms with Crippen molar-refractivity contribution in [2.45, 2.75) is 33.8 Å². The highest BCUT2D eigenvalue weighted by molar-refractivity contribution is 5.80. The maximum absolute atomic E-state index is 11.6. The van der Waals surface area contributed by atoms with Crippen LogP contribution >= 0.6 is 0 Å². The monoisotopic (exact) mass is 230 g/mol. The van der Waals surface area contributed by atoms with Gasteiger partial charge in [-0.05, 0) is 17.8 Å². The Morgan fingerprint density at radius 3 is 2.06 bits per heavy atom. The van der Waals surface area contributed by atoms with E-state index in [-0.39, 0.29) is 12.5 Å². The number of amides is 1. The number of carbonyl (C=O) groups is 1. The first-order valence-corrected chi connectivity index (χ1v) is 5.94. The third-order valence-corrected chi connectivity index (χ3v) is 3.02. The van der Waals surface area contributed by atoms with Gasteiger partial charge in [-0.3, -0.25) is 4.79 Å². The lowest BCUT2D eigenvalue weighted by Crippen LogP contribution is -2.43. The molecule has 1 atom stereocenters. The Labute approximate surface area is 98.9 Å². The van der Waals surface area contributed by atoms with Gasteiger partial charge in [0.1, 0.15) is 6.10 Å². The molecule has 1 unspecified atom stereocenters. The van der Waals surface area contributed by atoms with Crippen LogP contribution in [0.25, 0.3) is 0 Å². The van der Waals surface area contributed by atoms with E-state index in [1.165, 1.54) is 7.11 Å². The lowest BCUT2D eigenvalue weighted by molar-refractivity contribution is -0.130. The number of hydrogen-bond donors (Lipinski definition) is 2. The smallest absolute Gasteiger partial charge is 0.250 e. The Bertz CT molecular complexity index is 193. The fourth-order valence-corrected chi connectivity index (χ4v) is 1.88. The van der Waals surface area contributed by atoms with Crippen LogP contribution in [0.5, 0.6) is 0 Å². The zero-order chi connectivity index (χ0) is 12.7. The second kappa shape index (κ2) is 7.63. The fourth-order valence-electron chi connectivity index (χ4n) is 1.88. The van der Waals surface area contributed by atoms with Crippen molar-refractivity contribution in [1.82, 2.24) is 5.32 Å². The van der Waals surface area contributed by atoms with Gasteiger partial charge in [0.25, 0.3) is 0 Å². The topological polar surface area (TPSA) is 64.3 Å². The van der Waals surface area contributed by atoms with Crippen molar-refractivity contribution in [3.05, 3.63) is 0 Å². The molecule has 0 heterocycles. The van der Waals surface area contributed by atoms with Crippen LogP contribution in [-0.4, -0.2) is 32.2 Å². The van der Waals surface area contributed by atoms with Crippen LogP contribution in [0.2, 0.25) is 0 Å². The molecule has 0 spiro atoms. The maximum Gasteiger partial charge on any atom is 0.250 e. The molecule has 0 saturated carbocycles. The lowest BCUT2D eigenvalue weighted by atomic mass is 9.85. The number of rotatable bonds is 7. The van der Waals surface area contributed by atoms with Crippen molar-refractivity contribution >= 4 is 5.91 Å². The molecule has 96 valence electrons. The summed E-state index contributed by atoms with van der Waals surface area (Å²) in [4.78, 5) is 11.6. The number of carbonyl (C=O) groups excluding carboxylic acids is 1. The first-order chi connectivity index (χ1) is 7.43. The first kappa shape index (κ1) is 15.4. The Morgan fingerprint density at radius 1 is 1.25 bits per heavy atom. The van der Waals surface area contributed by atoms with E-state index < -0.39 is 6.10 Å². The molecular weight excluding hydrogens is 204 g/mol. The van der Waals surface area contributed by atoms with E-state index in [9.17, 15) is 4.79 Å². The summed E-state index contributed by atoms with van der Waals surface area (Å²) in [7, 11) is 1.50. The molecule has 1 amide bonds. The summed E-state index contributed by atoms with van der Waals surface area (Å²) in [5.74, 6) is 1.48. The summed E-state index contributed by atoms with van der Waals surface area (Å²) in [5, 5.41) is 2.90. The highest BCUT2D eigenvalue weighted by atomic mass is 16.5. The maximum atomic E-state index is 11.6. The van der Waals surface area contributed by atoms with E-state index in [4.69, 9.17) is 10.5 Å². The average molecular weight is 230 g/mol. The van der Waals surface area contributed by atoms with Gasteiger partial charge in [-0.2, -0.15) is 0 Å². The largest absolute Gasteiger partial charge is 0.370 e. The molecule has 0 aromatic carbocycles. The van der Waals surface area contributed by atoms with Crippen LogP contribution < -0.4 is 11.1 Å². The van der Waals surface area contributed by atoms with Crippen molar-refractivity contribution < 1.29 is 9.53 Å². The Balaban J connectivity index is 4.15. The number of nitrogens with two attached hydrogens (primary N) is 1. The van der Waals surface area contributed by atoms with E-state index in [1.54, 1.807) is 0 Å². The van der Waals surface area contributed by atoms with Gasteiger partial charge in [0.2, 0.25) is 5.91 Å². The summed E-state index contributed by atoms with van der Waals surface area (Å²) in [6.07, 6.45) is -0.528. The molecular formula is C12H26N2O2. The van der Waals surface area contributed by atoms with Gasteiger partial charge in [-0.15, -0.1) is 0 Å². The van der Waals surface area contributed by atoms with Gasteiger partial charge in [0, 0.05) is 20.2 Å². The second-order valence-corrected chi connectivity index (χ2v) is 4.86. The summed E-state index contributed by atoms with van der Waals surface area (Å²) in [6.45, 7) is 9.60. The molecule has 4 heteroatoms. The Kier molecular flexibility index (Phi) is 7.34. The molecule has 0 rings (SSSR count). The predicted octanol–water partition coefficient (Wildman–Crippen LogP) is 1.00. The quantitative estimate of drug-likeness (QED) is 0.686. The second-order valence-electron chi connectivity index (χ2n) is 4.86. The first-order valence-electron chi connectivity index (χ1n) is 5.94. The summed E-state index contributed by atoms with van der Waals surface area (Å²) >= 11 is 0. The molecule has 0 aliphatic carbocycles. The van der Waals surface area contributed by atoms with E-state index in [0.717, 1.165) is 0 Å². The summed E-state index contributed by atoms with van der Waals surface area (Å²) in [5.41, 5.74) is 5.42. The van der Waals surface area contributed by atoms with Gasteiger partial charge in [-0.1, -0.05) is 27.7 Å². The summed E-state index contributed by atoms with van der Waals surface area (Å²) < 4.78 is 4.98. The molecule has 0 radical (unpaired) electrons. The number of nitrogens with one attached hydrogen (secondary N) is 1. The zero-order valence-electron chi connectivity index (χ0n) is 11.1. The third-order valence-electron chi connectivity index (χ3n) is 3.02. The zero-order valence-corrected chi connectivity index (χ0v) is 11.1. The lowest BCUT2D eigenvalue weighted by Gasteiger charge is -2.25. The standard InChI is InChI=1S/C12H26N2O2/c1-8(2)10(9(3)4)7-14-12(15)11(6-13)16-5/h8-11H,6-7,13H2,1-5H3,(H,14,15). The van der Waals surface area contributed by atoms with Crippen molar-refractivity contribution in [1.29, 1.82) is 0 Å². The Hall–Kier alpha value is -0.610. The normalized spacial score (nSPS) is 13.6. The summed E-state index contributed by atoms with van der Waals surface area (Å²) in [6, 6.07) is 0. The van der Waals surface area contributed by atoms with Crippen LogP contribution in [0.4, 0.5) is 0 Å². The highest BCUT2D eigenvalue weighted by Gasteiger charge is 2.21. The van der Waals surface area contributed by atoms with E-state index >= 15 is 0 Å². The van der Waals surface area contributed by atoms with Crippen LogP contribution in [0, 0.1) is 17.8 Å². The predicted molar refractivity (Wildman–Crippen MR) is 66.0 cm³/mol. The molecule has 3 N–H and O–H groups in total. The minimum atomic E-state index is -0.528. The van der Waals surface area contributed by atoms with Crippen molar-refractivity contribution in [2.75, 3.05) is 20.2 Å². The van der Waals surface area contributed by atoms with Gasteiger partial charge in [0.05, 0.1) is 0 Å². The van der Waals surface area contributed by atoms with Crippen LogP contribution in [0.3, 0.4) is 0 Å². The molecule has 0 saturated heterocycles. The Morgan fingerprint density at radius 2 is 1.75 bits per heavy atom. The van der Waals surface area contributed by atoms with Crippen LogP contribution in [-0.2, 0) is 9.53 Å². The SMILES string of the molecule is COC(CN)C(=O)NCC(C(C)C)C(C)C. The molecule has 16 heavy (non-hydrogen) atoms. The number of methoxy groups -OCH3 is 1. The third kappa shape index (κ3) is 4.94. The molecule has 0 fully saturated rings. The van der Waals surface area contributed by atoms with Gasteiger partial charge < -0.3 is 15.8 Å². The molecule has 4 nitrogen and oxygen atoms in total. The van der Waals surface area contributed by atoms with Gasteiger partial charge in [0.15, 0.2) is 0 Å². The number of hydrogen-bond acceptors (Lipinski definition) is 3. The van der Waals surface area contributed by atoms with E-state index in [2.05, 4.69) is 33.0 Å². The minimum Gasteiger partial charge on any atom is -0.370 e. The van der Waals surface area contributed by atoms with E-state index in [0.29, 0.717) is 24.3 Å². The van der Waals surface area contributed by atoms with Crippen LogP contribution in [0.15, 0.2) is 0 Å². The molecule has 0 aromatic rings. The average Bonchev–Trinajstić information content (AvgIpc) is 2.18. The fraction of sp³-hybridized carbons (Fsp3) is 0.917. The van der Waals surface area contributed by atoms with Gasteiger partial charge >= 0.3 is 0 Å². The highest BCUT2D eigenvalue weighted by Crippen LogP contribution is 2.19. The van der Waals surface area contributed by atoms with Crippen molar-refractivity contribution in [2.24, 2.45) is 23.5 Å². The molecule has 0 bridgehead atoms. The minimum absolute atomic E-state index is 0.115. The number of ether oxygens (including phenoxy) is 1. The van der Waals surface area contributed by atoms with Gasteiger partial charge in [-0.25, -0.2) is 0 Å². The van der Waals surface area contributed by atoms with Crippen molar-refractivity contribution in [3.63, 3.8) is 0 Å². The molecule has 0 aliphatic rings. The molecule has 0 aliphatic heterocycles. The van der Waals surface area contributed by atoms with E-state index in [1.807, 2.05) is 0 Å².